The standard InChI is InChI=1S/C6H15N.2BrH/c1-4-7(5-2)6-3;;/h4-6H2,1-3H3;2*1H. The van der Waals surface area contributed by atoms with Gasteiger partial charge in [-0.3, -0.25) is 0 Å². The van der Waals surface area contributed by atoms with Gasteiger partial charge in [-0.15, -0.1) is 17.0 Å². The first-order valence-corrected chi connectivity index (χ1v) is 3.07. The minimum absolute atomic E-state index is 0. The van der Waals surface area contributed by atoms with Crippen molar-refractivity contribution in [2.75, 3.05) is 19.6 Å². The minimum Gasteiger partial charge on any atom is -1.00 e. The van der Waals surface area contributed by atoms with Crippen molar-refractivity contribution in [1.82, 2.24) is 4.90 Å². The van der Waals surface area contributed by atoms with Crippen LogP contribution in [0.4, 0.5) is 0 Å². The highest BCUT2D eigenvalue weighted by atomic mass is 79.9. The lowest BCUT2D eigenvalue weighted by atomic mass is 10.5. The Balaban J connectivity index is -0.0000000600. The number of nitrogens with zero attached hydrogens (tertiary/aromatic N) is 1. The van der Waals surface area contributed by atoms with Crippen molar-refractivity contribution in [3.05, 3.63) is 0 Å². The summed E-state index contributed by atoms with van der Waals surface area (Å²) in [7, 11) is 0. The molecule has 0 aliphatic carbocycles. The summed E-state index contributed by atoms with van der Waals surface area (Å²) in [6, 6.07) is 0. The summed E-state index contributed by atoms with van der Waals surface area (Å²) in [5, 5.41) is 0. The molecule has 9 heavy (non-hydrogen) atoms. The molecule has 0 aromatic heterocycles. The number of hydrogen-bond acceptors (Lipinski definition) is 1. The van der Waals surface area contributed by atoms with Gasteiger partial charge >= 0.3 is 1.43 Å². The predicted molar refractivity (Wildman–Crippen MR) is 44.9 cm³/mol. The van der Waals surface area contributed by atoms with Gasteiger partial charge in [-0.25, -0.2) is 0 Å². The van der Waals surface area contributed by atoms with Gasteiger partial charge in [0.25, 0.3) is 0 Å². The molecular formula is C6H17Br2N. The van der Waals surface area contributed by atoms with Crippen molar-refractivity contribution in [2.24, 2.45) is 0 Å². The molecule has 0 saturated heterocycles. The van der Waals surface area contributed by atoms with Crippen LogP contribution in [0.5, 0.6) is 0 Å². The molecule has 0 atom stereocenters. The number of rotatable bonds is 3. The molecule has 1 nitrogen and oxygen atoms in total. The molecule has 0 spiro atoms. The summed E-state index contributed by atoms with van der Waals surface area (Å²) in [4.78, 5) is 2.38. The monoisotopic (exact) mass is 261 g/mol. The van der Waals surface area contributed by atoms with Crippen LogP contribution in [0.3, 0.4) is 0 Å². The van der Waals surface area contributed by atoms with Gasteiger partial charge in [-0.1, -0.05) is 20.8 Å². The van der Waals surface area contributed by atoms with Crippen LogP contribution in [0.1, 0.15) is 22.2 Å². The highest BCUT2D eigenvalue weighted by Gasteiger charge is 1.89. The fraction of sp³-hybridized carbons (Fsp3) is 1.00. The molecular weight excluding hydrogens is 246 g/mol. The fourth-order valence-electron chi connectivity index (χ4n) is 0.671. The molecule has 0 aliphatic heterocycles. The van der Waals surface area contributed by atoms with Crippen LogP contribution in [0.25, 0.3) is 0 Å². The number of hydrogen-bond donors (Lipinski definition) is 0. The lowest BCUT2D eigenvalue weighted by Crippen LogP contribution is -3.00. The molecule has 0 bridgehead atoms. The quantitative estimate of drug-likeness (QED) is 0.634. The number of halogens is 2. The van der Waals surface area contributed by atoms with Gasteiger partial charge in [0.1, 0.15) is 0 Å². The molecule has 0 saturated carbocycles. The molecule has 0 N–H and O–H groups in total. The van der Waals surface area contributed by atoms with E-state index >= 15 is 0 Å². The highest BCUT2D eigenvalue weighted by Crippen LogP contribution is 1.81. The van der Waals surface area contributed by atoms with Gasteiger partial charge in [0.2, 0.25) is 0 Å². The predicted octanol–water partition coefficient (Wildman–Crippen LogP) is -0.957. The van der Waals surface area contributed by atoms with Gasteiger partial charge in [-0.05, 0) is 19.6 Å². The van der Waals surface area contributed by atoms with Crippen LogP contribution in [-0.4, -0.2) is 24.5 Å². The fourth-order valence-corrected chi connectivity index (χ4v) is 0.671. The SMILES string of the molecule is Br.CCN(CC)CC.[Br-].[H+]. The van der Waals surface area contributed by atoms with E-state index in [2.05, 4.69) is 25.7 Å². The summed E-state index contributed by atoms with van der Waals surface area (Å²) in [6.45, 7) is 10.1. The highest BCUT2D eigenvalue weighted by molar-refractivity contribution is 8.93. The second kappa shape index (κ2) is 11.7. The van der Waals surface area contributed by atoms with E-state index in [9.17, 15) is 0 Å². The molecule has 0 amide bonds. The Morgan fingerprint density at radius 1 is 1.00 bits per heavy atom. The lowest BCUT2D eigenvalue weighted by molar-refractivity contribution is -0.00000187. The van der Waals surface area contributed by atoms with Crippen LogP contribution >= 0.6 is 17.0 Å². The average Bonchev–Trinajstić information content (AvgIpc) is 1.72. The summed E-state index contributed by atoms with van der Waals surface area (Å²) in [5.41, 5.74) is 0. The summed E-state index contributed by atoms with van der Waals surface area (Å²) >= 11 is 0. The van der Waals surface area contributed by atoms with E-state index in [-0.39, 0.29) is 35.4 Å². The van der Waals surface area contributed by atoms with Crippen molar-refractivity contribution in [1.29, 1.82) is 0 Å². The molecule has 0 aliphatic rings. The zero-order valence-corrected chi connectivity index (χ0v) is 9.65. The van der Waals surface area contributed by atoms with Gasteiger partial charge in [0.05, 0.1) is 0 Å². The Labute approximate surface area is 80.8 Å². The molecule has 0 unspecified atom stereocenters. The van der Waals surface area contributed by atoms with E-state index in [1.54, 1.807) is 0 Å². The van der Waals surface area contributed by atoms with Gasteiger partial charge in [0.15, 0.2) is 0 Å². The van der Waals surface area contributed by atoms with Crippen LogP contribution in [0.15, 0.2) is 0 Å². The lowest BCUT2D eigenvalue weighted by Gasteiger charge is -2.13. The topological polar surface area (TPSA) is 3.24 Å². The van der Waals surface area contributed by atoms with E-state index in [0.717, 1.165) is 0 Å². The molecule has 0 rings (SSSR count). The Morgan fingerprint density at radius 3 is 1.22 bits per heavy atom. The van der Waals surface area contributed by atoms with Crippen molar-refractivity contribution in [3.8, 4) is 0 Å². The summed E-state index contributed by atoms with van der Waals surface area (Å²) in [6.07, 6.45) is 0. The maximum Gasteiger partial charge on any atom is 1.00 e. The third-order valence-corrected chi connectivity index (χ3v) is 1.34. The third-order valence-electron chi connectivity index (χ3n) is 1.34. The first kappa shape index (κ1) is 16.5. The minimum atomic E-state index is 0. The second-order valence-electron chi connectivity index (χ2n) is 1.62. The molecule has 3 heteroatoms. The van der Waals surface area contributed by atoms with Crippen molar-refractivity contribution in [2.45, 2.75) is 20.8 Å². The Morgan fingerprint density at radius 2 is 1.22 bits per heavy atom. The van der Waals surface area contributed by atoms with Crippen molar-refractivity contribution >= 4 is 17.0 Å². The molecule has 60 valence electrons. The molecule has 0 aromatic rings. The third kappa shape index (κ3) is 8.92. The van der Waals surface area contributed by atoms with Crippen LogP contribution < -0.4 is 17.0 Å². The first-order valence-electron chi connectivity index (χ1n) is 3.07. The van der Waals surface area contributed by atoms with E-state index < -0.39 is 0 Å². The van der Waals surface area contributed by atoms with E-state index in [1.165, 1.54) is 19.6 Å². The Bertz CT molecular complexity index is 37.2. The Hall–Kier alpha value is 0.920. The first-order chi connectivity index (χ1) is 3.35. The van der Waals surface area contributed by atoms with Gasteiger partial charge in [0, 0.05) is 0 Å². The van der Waals surface area contributed by atoms with Crippen LogP contribution in [0.2, 0.25) is 0 Å². The smallest absolute Gasteiger partial charge is 1.00 e. The van der Waals surface area contributed by atoms with E-state index in [1.807, 2.05) is 0 Å². The Kier molecular flexibility index (Phi) is 21.4. The maximum atomic E-state index is 2.38. The second-order valence-corrected chi connectivity index (χ2v) is 1.62. The van der Waals surface area contributed by atoms with Crippen LogP contribution in [0, 0.1) is 0 Å². The maximum absolute atomic E-state index is 2.38. The van der Waals surface area contributed by atoms with Crippen molar-refractivity contribution in [3.63, 3.8) is 0 Å². The largest absolute Gasteiger partial charge is 1.00 e. The summed E-state index contributed by atoms with van der Waals surface area (Å²) in [5.74, 6) is 0. The zero-order chi connectivity index (χ0) is 5.70. The van der Waals surface area contributed by atoms with Crippen molar-refractivity contribution < 1.29 is 18.4 Å². The van der Waals surface area contributed by atoms with Crippen LogP contribution in [-0.2, 0) is 0 Å². The van der Waals surface area contributed by atoms with E-state index in [0.29, 0.717) is 0 Å². The van der Waals surface area contributed by atoms with Gasteiger partial charge < -0.3 is 21.9 Å². The average molecular weight is 263 g/mol. The molecule has 0 heterocycles. The zero-order valence-electron chi connectivity index (χ0n) is 7.35. The molecule has 0 fully saturated rings. The normalized spacial score (nSPS) is 8.00. The summed E-state index contributed by atoms with van der Waals surface area (Å²) < 4.78 is 0. The molecule has 0 aromatic carbocycles. The molecule has 0 radical (unpaired) electrons. The van der Waals surface area contributed by atoms with E-state index in [4.69, 9.17) is 0 Å². The van der Waals surface area contributed by atoms with Gasteiger partial charge in [-0.2, -0.15) is 0 Å².